The summed E-state index contributed by atoms with van der Waals surface area (Å²) < 4.78 is 32.3. The third kappa shape index (κ3) is 4.13. The van der Waals surface area contributed by atoms with Gasteiger partial charge in [0, 0.05) is 38.1 Å². The first-order valence-electron chi connectivity index (χ1n) is 6.41. The number of morpholine rings is 1. The van der Waals surface area contributed by atoms with Crippen molar-refractivity contribution in [3.8, 4) is 0 Å². The molecule has 1 aliphatic heterocycles. The van der Waals surface area contributed by atoms with Gasteiger partial charge in [0.05, 0.1) is 18.2 Å². The van der Waals surface area contributed by atoms with Gasteiger partial charge >= 0.3 is 0 Å². The molecular weight excluding hydrogens is 302 g/mol. The number of halogens is 1. The summed E-state index contributed by atoms with van der Waals surface area (Å²) in [4.78, 5) is 5.98. The predicted octanol–water partition coefficient (Wildman–Crippen LogP) is 0.734. The van der Waals surface area contributed by atoms with Crippen LogP contribution in [0.1, 0.15) is 6.92 Å². The van der Waals surface area contributed by atoms with Crippen LogP contribution in [0.5, 0.6) is 0 Å². The van der Waals surface area contributed by atoms with Crippen LogP contribution >= 0.6 is 11.6 Å². The van der Waals surface area contributed by atoms with Crippen molar-refractivity contribution in [3.05, 3.63) is 23.5 Å². The standard InChI is InChI=1S/C12H18ClN3O3S/c1-10(9-16-4-6-19-7-5-16)15-20(17,18)12-8-14-3-2-11(12)13/h2-3,8,10,15H,4-7,9H2,1H3. The smallest absolute Gasteiger partial charge is 0.243 e. The van der Waals surface area contributed by atoms with Crippen LogP contribution in [-0.2, 0) is 14.8 Å². The first-order valence-corrected chi connectivity index (χ1v) is 8.27. The number of rotatable bonds is 5. The summed E-state index contributed by atoms with van der Waals surface area (Å²) in [7, 11) is -3.64. The number of ether oxygens (including phenoxy) is 1. The third-order valence-electron chi connectivity index (χ3n) is 3.02. The molecule has 0 radical (unpaired) electrons. The summed E-state index contributed by atoms with van der Waals surface area (Å²) >= 11 is 5.90. The molecule has 1 atom stereocenters. The van der Waals surface area contributed by atoms with Gasteiger partial charge in [0.15, 0.2) is 0 Å². The molecule has 1 N–H and O–H groups in total. The van der Waals surface area contributed by atoms with Crippen molar-refractivity contribution in [1.82, 2.24) is 14.6 Å². The van der Waals surface area contributed by atoms with E-state index in [1.165, 1.54) is 18.5 Å². The molecule has 6 nitrogen and oxygen atoms in total. The normalized spacial score (nSPS) is 18.9. The van der Waals surface area contributed by atoms with E-state index in [1.54, 1.807) is 0 Å². The number of aromatic nitrogens is 1. The van der Waals surface area contributed by atoms with Crippen molar-refractivity contribution in [2.24, 2.45) is 0 Å². The Hall–Kier alpha value is -0.730. The lowest BCUT2D eigenvalue weighted by atomic mass is 10.3. The maximum absolute atomic E-state index is 12.2. The zero-order chi connectivity index (χ0) is 14.6. The van der Waals surface area contributed by atoms with Gasteiger partial charge in [-0.1, -0.05) is 11.6 Å². The van der Waals surface area contributed by atoms with Gasteiger partial charge in [0.25, 0.3) is 0 Å². The van der Waals surface area contributed by atoms with Crippen LogP contribution in [0, 0.1) is 0 Å². The van der Waals surface area contributed by atoms with Gasteiger partial charge < -0.3 is 4.74 Å². The van der Waals surface area contributed by atoms with E-state index in [1.807, 2.05) is 6.92 Å². The number of hydrogen-bond donors (Lipinski definition) is 1. The van der Waals surface area contributed by atoms with E-state index >= 15 is 0 Å². The molecule has 1 aromatic rings. The zero-order valence-electron chi connectivity index (χ0n) is 11.3. The Morgan fingerprint density at radius 1 is 1.50 bits per heavy atom. The summed E-state index contributed by atoms with van der Waals surface area (Å²) in [5.74, 6) is 0. The van der Waals surface area contributed by atoms with E-state index in [4.69, 9.17) is 16.3 Å². The fraction of sp³-hybridized carbons (Fsp3) is 0.583. The highest BCUT2D eigenvalue weighted by Crippen LogP contribution is 2.19. The average molecular weight is 320 g/mol. The lowest BCUT2D eigenvalue weighted by molar-refractivity contribution is 0.0354. The highest BCUT2D eigenvalue weighted by molar-refractivity contribution is 7.89. The first-order chi connectivity index (χ1) is 9.49. The summed E-state index contributed by atoms with van der Waals surface area (Å²) in [5.41, 5.74) is 0. The Morgan fingerprint density at radius 2 is 2.20 bits per heavy atom. The van der Waals surface area contributed by atoms with E-state index in [0.717, 1.165) is 13.1 Å². The Bertz CT molecular complexity index is 547. The minimum absolute atomic E-state index is 0.00972. The molecule has 0 amide bonds. The van der Waals surface area contributed by atoms with Crippen LogP contribution < -0.4 is 4.72 Å². The molecule has 112 valence electrons. The van der Waals surface area contributed by atoms with Gasteiger partial charge in [-0.2, -0.15) is 0 Å². The molecule has 1 aliphatic rings. The quantitative estimate of drug-likeness (QED) is 0.866. The van der Waals surface area contributed by atoms with Crippen molar-refractivity contribution in [3.63, 3.8) is 0 Å². The van der Waals surface area contributed by atoms with Crippen molar-refractivity contribution < 1.29 is 13.2 Å². The molecule has 8 heteroatoms. The topological polar surface area (TPSA) is 71.5 Å². The Kier molecular flexibility index (Phi) is 5.34. The number of nitrogens with one attached hydrogen (secondary N) is 1. The molecule has 0 spiro atoms. The van der Waals surface area contributed by atoms with Gasteiger partial charge in [-0.05, 0) is 13.0 Å². The largest absolute Gasteiger partial charge is 0.379 e. The van der Waals surface area contributed by atoms with E-state index in [9.17, 15) is 8.42 Å². The van der Waals surface area contributed by atoms with Crippen molar-refractivity contribution in [2.45, 2.75) is 17.9 Å². The maximum atomic E-state index is 12.2. The Balaban J connectivity index is 1.99. The summed E-state index contributed by atoms with van der Waals surface area (Å²) in [5, 5.41) is 0.172. The minimum atomic E-state index is -3.64. The van der Waals surface area contributed by atoms with Gasteiger partial charge in [-0.15, -0.1) is 0 Å². The molecule has 0 aliphatic carbocycles. The first kappa shape index (κ1) is 15.7. The van der Waals surface area contributed by atoms with E-state index in [0.29, 0.717) is 19.8 Å². The number of sulfonamides is 1. The molecule has 0 bridgehead atoms. The van der Waals surface area contributed by atoms with Gasteiger partial charge in [-0.25, -0.2) is 13.1 Å². The third-order valence-corrected chi connectivity index (χ3v) is 5.07. The van der Waals surface area contributed by atoms with E-state index in [2.05, 4.69) is 14.6 Å². The van der Waals surface area contributed by atoms with Crippen LogP contribution in [0.25, 0.3) is 0 Å². The SMILES string of the molecule is CC(CN1CCOCC1)NS(=O)(=O)c1cnccc1Cl. The van der Waals surface area contributed by atoms with Crippen LogP contribution in [0.3, 0.4) is 0 Å². The number of nitrogens with zero attached hydrogens (tertiary/aromatic N) is 2. The predicted molar refractivity (Wildman–Crippen MR) is 76.3 cm³/mol. The van der Waals surface area contributed by atoms with Crippen LogP contribution in [0.15, 0.2) is 23.4 Å². The molecule has 2 heterocycles. The molecule has 1 unspecified atom stereocenters. The van der Waals surface area contributed by atoms with E-state index in [-0.39, 0.29) is 16.0 Å². The van der Waals surface area contributed by atoms with Gasteiger partial charge in [0.2, 0.25) is 10.0 Å². The van der Waals surface area contributed by atoms with Crippen LogP contribution in [-0.4, -0.2) is 57.2 Å². The number of hydrogen-bond acceptors (Lipinski definition) is 5. The molecule has 20 heavy (non-hydrogen) atoms. The van der Waals surface area contributed by atoms with Crippen molar-refractivity contribution in [2.75, 3.05) is 32.8 Å². The van der Waals surface area contributed by atoms with Gasteiger partial charge in [0.1, 0.15) is 4.90 Å². The Labute approximate surface area is 124 Å². The summed E-state index contributed by atoms with van der Waals surface area (Å²) in [6.45, 7) is 5.49. The molecule has 0 saturated carbocycles. The van der Waals surface area contributed by atoms with Gasteiger partial charge in [-0.3, -0.25) is 9.88 Å². The second-order valence-electron chi connectivity index (χ2n) is 4.74. The molecule has 0 aromatic carbocycles. The molecular formula is C12H18ClN3O3S. The second-order valence-corrected chi connectivity index (χ2v) is 6.83. The second kappa shape index (κ2) is 6.82. The molecule has 1 saturated heterocycles. The average Bonchev–Trinajstić information content (AvgIpc) is 2.39. The monoisotopic (exact) mass is 319 g/mol. The molecule has 1 fully saturated rings. The van der Waals surface area contributed by atoms with Crippen LogP contribution in [0.2, 0.25) is 5.02 Å². The highest BCUT2D eigenvalue weighted by Gasteiger charge is 2.22. The van der Waals surface area contributed by atoms with Crippen molar-refractivity contribution in [1.29, 1.82) is 0 Å². The lowest BCUT2D eigenvalue weighted by Crippen LogP contribution is -2.45. The molecule has 2 rings (SSSR count). The number of pyridine rings is 1. The fourth-order valence-electron chi connectivity index (χ4n) is 2.10. The lowest BCUT2D eigenvalue weighted by Gasteiger charge is -2.29. The zero-order valence-corrected chi connectivity index (χ0v) is 12.8. The minimum Gasteiger partial charge on any atom is -0.379 e. The van der Waals surface area contributed by atoms with Crippen molar-refractivity contribution >= 4 is 21.6 Å². The molecule has 1 aromatic heterocycles. The Morgan fingerprint density at radius 3 is 2.85 bits per heavy atom. The highest BCUT2D eigenvalue weighted by atomic mass is 35.5. The maximum Gasteiger partial charge on any atom is 0.243 e. The van der Waals surface area contributed by atoms with E-state index < -0.39 is 10.0 Å². The van der Waals surface area contributed by atoms with Crippen LogP contribution in [0.4, 0.5) is 0 Å². The summed E-state index contributed by atoms with van der Waals surface area (Å²) in [6.07, 6.45) is 2.71. The summed E-state index contributed by atoms with van der Waals surface area (Å²) in [6, 6.07) is 1.25. The fourth-order valence-corrected chi connectivity index (χ4v) is 3.76.